The number of carbonyl (C=O) groups excluding carboxylic acids is 2. The number of hydrogen-bond acceptors (Lipinski definition) is 7. The summed E-state index contributed by atoms with van der Waals surface area (Å²) < 4.78 is 23.3. The molecule has 1 aromatic heterocycles. The third-order valence-corrected chi connectivity index (χ3v) is 7.52. The molecule has 0 spiro atoms. The number of aromatic amines is 1. The monoisotopic (exact) mass is 703 g/mol. The Morgan fingerprint density at radius 3 is 2.36 bits per heavy atom. The topological polar surface area (TPSA) is 111 Å². The van der Waals surface area contributed by atoms with E-state index >= 15 is 0 Å². The molecule has 1 heterocycles. The zero-order valence-corrected chi connectivity index (χ0v) is 26.5. The standard InChI is InChI=1S/C34H30IN3O6/c1-4-42-26-17-15-23(19-29(26)43-5-2)34(40)44-27-16-14-21(18-28(27)41-3)20-36-38-33(39)32-30(22-10-7-6-8-11-22)24-12-9-13-25(35)31(24)37-32/h6-20,37H,4-5H2,1-3H3,(H,38,39). The Hall–Kier alpha value is -4.84. The highest BCUT2D eigenvalue weighted by Gasteiger charge is 2.20. The second kappa shape index (κ2) is 14.1. The summed E-state index contributed by atoms with van der Waals surface area (Å²) in [6.45, 7) is 4.62. The number of H-pyrrole nitrogens is 1. The SMILES string of the molecule is CCOc1ccc(C(=O)Oc2ccc(C=NNC(=O)c3[nH]c4c(I)cccc4c3-c3ccccc3)cc2OC)cc1OCC. The average Bonchev–Trinajstić information content (AvgIpc) is 3.44. The second-order valence-electron chi connectivity index (χ2n) is 9.43. The van der Waals surface area contributed by atoms with Crippen LogP contribution in [0.5, 0.6) is 23.0 Å². The zero-order valence-electron chi connectivity index (χ0n) is 24.3. The predicted octanol–water partition coefficient (Wildman–Crippen LogP) is 7.23. The van der Waals surface area contributed by atoms with Crippen molar-refractivity contribution in [3.63, 3.8) is 0 Å². The Labute approximate surface area is 268 Å². The van der Waals surface area contributed by atoms with Crippen LogP contribution in [0, 0.1) is 3.57 Å². The van der Waals surface area contributed by atoms with Crippen molar-refractivity contribution >= 4 is 51.6 Å². The van der Waals surface area contributed by atoms with Gasteiger partial charge in [0.05, 0.1) is 37.6 Å². The van der Waals surface area contributed by atoms with Crippen molar-refractivity contribution in [2.24, 2.45) is 5.10 Å². The Kier molecular flexibility index (Phi) is 9.80. The number of ether oxygens (including phenoxy) is 4. The lowest BCUT2D eigenvalue weighted by Gasteiger charge is -2.13. The summed E-state index contributed by atoms with van der Waals surface area (Å²) in [4.78, 5) is 29.5. The van der Waals surface area contributed by atoms with E-state index in [0.29, 0.717) is 47.3 Å². The Morgan fingerprint density at radius 1 is 0.864 bits per heavy atom. The van der Waals surface area contributed by atoms with Gasteiger partial charge in [-0.1, -0.05) is 42.5 Å². The maximum absolute atomic E-state index is 13.3. The first-order chi connectivity index (χ1) is 21.4. The van der Waals surface area contributed by atoms with E-state index in [2.05, 4.69) is 38.1 Å². The first-order valence-electron chi connectivity index (χ1n) is 13.9. The number of methoxy groups -OCH3 is 1. The number of nitrogens with zero attached hydrogens (tertiary/aromatic N) is 1. The summed E-state index contributed by atoms with van der Waals surface area (Å²) in [6.07, 6.45) is 1.49. The number of hydrazone groups is 1. The van der Waals surface area contributed by atoms with E-state index in [-0.39, 0.29) is 11.7 Å². The lowest BCUT2D eigenvalue weighted by Crippen LogP contribution is -2.18. The van der Waals surface area contributed by atoms with Crippen LogP contribution in [0.4, 0.5) is 0 Å². The van der Waals surface area contributed by atoms with Crippen molar-refractivity contribution in [1.82, 2.24) is 10.4 Å². The van der Waals surface area contributed by atoms with Gasteiger partial charge in [-0.15, -0.1) is 0 Å². The molecule has 5 rings (SSSR count). The van der Waals surface area contributed by atoms with Gasteiger partial charge in [-0.2, -0.15) is 5.10 Å². The van der Waals surface area contributed by atoms with Crippen molar-refractivity contribution in [2.45, 2.75) is 13.8 Å². The largest absolute Gasteiger partial charge is 0.493 e. The van der Waals surface area contributed by atoms with Crippen LogP contribution in [0.1, 0.15) is 40.3 Å². The van der Waals surface area contributed by atoms with Crippen LogP contribution in [0.2, 0.25) is 0 Å². The van der Waals surface area contributed by atoms with Gasteiger partial charge in [-0.3, -0.25) is 4.79 Å². The lowest BCUT2D eigenvalue weighted by molar-refractivity contribution is 0.0728. The lowest BCUT2D eigenvalue weighted by atomic mass is 10.0. The highest BCUT2D eigenvalue weighted by Crippen LogP contribution is 2.35. The number of fused-ring (bicyclic) bond motifs is 1. The molecule has 0 saturated heterocycles. The van der Waals surface area contributed by atoms with E-state index in [4.69, 9.17) is 18.9 Å². The van der Waals surface area contributed by atoms with Gasteiger partial charge in [-0.25, -0.2) is 10.2 Å². The number of amides is 1. The number of hydrogen-bond donors (Lipinski definition) is 2. The van der Waals surface area contributed by atoms with E-state index in [1.54, 1.807) is 36.4 Å². The molecule has 4 aromatic carbocycles. The van der Waals surface area contributed by atoms with Gasteiger partial charge in [0.25, 0.3) is 5.91 Å². The molecule has 5 aromatic rings. The van der Waals surface area contributed by atoms with E-state index in [1.807, 2.05) is 62.4 Å². The maximum Gasteiger partial charge on any atom is 0.343 e. The molecule has 10 heteroatoms. The maximum atomic E-state index is 13.3. The van der Waals surface area contributed by atoms with Crippen LogP contribution in [-0.2, 0) is 0 Å². The number of nitrogens with one attached hydrogen (secondary N) is 2. The molecular formula is C34H30IN3O6. The predicted molar refractivity (Wildman–Crippen MR) is 178 cm³/mol. The highest BCUT2D eigenvalue weighted by molar-refractivity contribution is 14.1. The summed E-state index contributed by atoms with van der Waals surface area (Å²) >= 11 is 2.25. The van der Waals surface area contributed by atoms with Gasteiger partial charge in [0, 0.05) is 14.5 Å². The number of rotatable bonds is 11. The molecule has 0 radical (unpaired) electrons. The number of aromatic nitrogens is 1. The Bertz CT molecular complexity index is 1830. The third-order valence-electron chi connectivity index (χ3n) is 6.62. The zero-order chi connectivity index (χ0) is 31.1. The van der Waals surface area contributed by atoms with Crippen LogP contribution in [0.15, 0.2) is 90.0 Å². The van der Waals surface area contributed by atoms with E-state index in [0.717, 1.165) is 25.6 Å². The highest BCUT2D eigenvalue weighted by atomic mass is 127. The molecule has 2 N–H and O–H groups in total. The van der Waals surface area contributed by atoms with Gasteiger partial charge in [-0.05, 0) is 90.0 Å². The van der Waals surface area contributed by atoms with Gasteiger partial charge >= 0.3 is 5.97 Å². The molecule has 224 valence electrons. The number of halogens is 1. The van der Waals surface area contributed by atoms with Crippen molar-refractivity contribution in [3.05, 3.63) is 105 Å². The minimum atomic E-state index is -0.580. The molecule has 0 aliphatic heterocycles. The smallest absolute Gasteiger partial charge is 0.343 e. The molecule has 0 unspecified atom stereocenters. The normalized spacial score (nSPS) is 11.0. The van der Waals surface area contributed by atoms with Crippen LogP contribution in [0.3, 0.4) is 0 Å². The van der Waals surface area contributed by atoms with Crippen molar-refractivity contribution in [3.8, 4) is 34.1 Å². The van der Waals surface area contributed by atoms with Gasteiger partial charge in [0.1, 0.15) is 5.69 Å². The minimum Gasteiger partial charge on any atom is -0.493 e. The fourth-order valence-electron chi connectivity index (χ4n) is 4.66. The van der Waals surface area contributed by atoms with Gasteiger partial charge < -0.3 is 23.9 Å². The molecule has 44 heavy (non-hydrogen) atoms. The summed E-state index contributed by atoms with van der Waals surface area (Å²) in [6, 6.07) is 25.5. The van der Waals surface area contributed by atoms with Crippen LogP contribution in [-0.4, -0.2) is 43.4 Å². The van der Waals surface area contributed by atoms with Gasteiger partial charge in [0.2, 0.25) is 0 Å². The summed E-state index contributed by atoms with van der Waals surface area (Å²) in [5, 5.41) is 5.12. The number of carbonyl (C=O) groups is 2. The van der Waals surface area contributed by atoms with Crippen molar-refractivity contribution in [2.75, 3.05) is 20.3 Å². The van der Waals surface area contributed by atoms with Gasteiger partial charge in [0.15, 0.2) is 23.0 Å². The fourth-order valence-corrected chi connectivity index (χ4v) is 5.30. The molecule has 0 atom stereocenters. The third kappa shape index (κ3) is 6.70. The molecule has 0 aliphatic carbocycles. The van der Waals surface area contributed by atoms with Crippen molar-refractivity contribution < 1.29 is 28.5 Å². The average molecular weight is 704 g/mol. The van der Waals surface area contributed by atoms with E-state index in [1.165, 1.54) is 13.3 Å². The quantitative estimate of drug-likeness (QED) is 0.0494. The number of esters is 1. The minimum absolute atomic E-state index is 0.228. The molecular weight excluding hydrogens is 673 g/mol. The Balaban J connectivity index is 1.32. The first-order valence-corrected chi connectivity index (χ1v) is 15.0. The fraction of sp³-hybridized carbons (Fsp3) is 0.147. The molecule has 0 aliphatic rings. The Morgan fingerprint density at radius 2 is 1.61 bits per heavy atom. The molecule has 1 amide bonds. The van der Waals surface area contributed by atoms with E-state index < -0.39 is 5.97 Å². The molecule has 0 saturated carbocycles. The molecule has 0 fully saturated rings. The summed E-state index contributed by atoms with van der Waals surface area (Å²) in [5.41, 5.74) is 6.56. The summed E-state index contributed by atoms with van der Waals surface area (Å²) in [5.74, 6) is 0.596. The second-order valence-corrected chi connectivity index (χ2v) is 10.6. The van der Waals surface area contributed by atoms with Crippen molar-refractivity contribution in [1.29, 1.82) is 0 Å². The van der Waals surface area contributed by atoms with Crippen LogP contribution < -0.4 is 24.4 Å². The molecule has 0 bridgehead atoms. The van der Waals surface area contributed by atoms with Crippen LogP contribution in [0.25, 0.3) is 22.0 Å². The number of para-hydroxylation sites is 1. The van der Waals surface area contributed by atoms with Crippen LogP contribution >= 0.6 is 22.6 Å². The summed E-state index contributed by atoms with van der Waals surface area (Å²) in [7, 11) is 1.47. The number of benzene rings is 4. The first kappa shape index (κ1) is 30.6. The molecule has 9 nitrogen and oxygen atoms in total. The van der Waals surface area contributed by atoms with E-state index in [9.17, 15) is 9.59 Å².